The third-order valence-corrected chi connectivity index (χ3v) is 2.30. The molecule has 17 heavy (non-hydrogen) atoms. The molecule has 0 saturated carbocycles. The zero-order chi connectivity index (χ0) is 12.8. The molecule has 0 heterocycles. The van der Waals surface area contributed by atoms with Crippen molar-refractivity contribution in [1.82, 2.24) is 0 Å². The molecule has 5 nitrogen and oxygen atoms in total. The Balaban J connectivity index is 2.86. The Bertz CT molecular complexity index is 430. The molecule has 0 aliphatic rings. The molecule has 0 radical (unpaired) electrons. The summed E-state index contributed by atoms with van der Waals surface area (Å²) in [6.45, 7) is 3.61. The molecule has 0 fully saturated rings. The van der Waals surface area contributed by atoms with Crippen LogP contribution in [0.2, 0.25) is 0 Å². The van der Waals surface area contributed by atoms with Crippen LogP contribution in [-0.2, 0) is 9.59 Å². The highest BCUT2D eigenvalue weighted by atomic mass is 16.2. The summed E-state index contributed by atoms with van der Waals surface area (Å²) in [6, 6.07) is 5.32. The highest BCUT2D eigenvalue weighted by Gasteiger charge is 2.05. The van der Waals surface area contributed by atoms with Gasteiger partial charge in [-0.05, 0) is 24.6 Å². The lowest BCUT2D eigenvalue weighted by Crippen LogP contribution is -2.22. The lowest BCUT2D eigenvalue weighted by Gasteiger charge is -2.10. The van der Waals surface area contributed by atoms with E-state index in [0.29, 0.717) is 17.8 Å². The molecule has 5 heteroatoms. The van der Waals surface area contributed by atoms with Gasteiger partial charge in [0.05, 0.1) is 6.54 Å². The van der Waals surface area contributed by atoms with Gasteiger partial charge in [-0.2, -0.15) is 0 Å². The Hall–Kier alpha value is -1.88. The summed E-state index contributed by atoms with van der Waals surface area (Å²) in [7, 11) is 0. The predicted molar refractivity (Wildman–Crippen MR) is 67.8 cm³/mol. The van der Waals surface area contributed by atoms with E-state index in [1.807, 2.05) is 13.0 Å². The summed E-state index contributed by atoms with van der Waals surface area (Å²) < 4.78 is 0. The average molecular weight is 235 g/mol. The summed E-state index contributed by atoms with van der Waals surface area (Å²) in [4.78, 5) is 22.4. The van der Waals surface area contributed by atoms with E-state index in [9.17, 15) is 9.59 Å². The Kier molecular flexibility index (Phi) is 4.66. The number of carbonyl (C=O) groups is 2. The minimum atomic E-state index is -0.262. The lowest BCUT2D eigenvalue weighted by atomic mass is 10.1. The van der Waals surface area contributed by atoms with Crippen LogP contribution in [-0.4, -0.2) is 18.4 Å². The predicted octanol–water partition coefficient (Wildman–Crippen LogP) is 1.24. The van der Waals surface area contributed by atoms with Crippen LogP contribution in [0, 0.1) is 6.92 Å². The first-order valence-electron chi connectivity index (χ1n) is 5.47. The second kappa shape index (κ2) is 6.00. The number of carbonyl (C=O) groups excluding carboxylic acids is 2. The van der Waals surface area contributed by atoms with Crippen molar-refractivity contribution in [3.8, 4) is 0 Å². The zero-order valence-electron chi connectivity index (χ0n) is 10.0. The first-order chi connectivity index (χ1) is 8.06. The Morgan fingerprint density at radius 3 is 2.53 bits per heavy atom. The second-order valence-electron chi connectivity index (χ2n) is 3.68. The number of rotatable bonds is 4. The van der Waals surface area contributed by atoms with Crippen LogP contribution in [0.5, 0.6) is 0 Å². The third-order valence-electron chi connectivity index (χ3n) is 2.30. The SMILES string of the molecule is CCC(=O)Nc1cc(NC(=O)CN)ccc1C. The number of aryl methyl sites for hydroxylation is 1. The molecular weight excluding hydrogens is 218 g/mol. The quantitative estimate of drug-likeness (QED) is 0.734. The van der Waals surface area contributed by atoms with E-state index in [2.05, 4.69) is 10.6 Å². The molecule has 0 spiro atoms. The summed E-state index contributed by atoms with van der Waals surface area (Å²) in [5.74, 6) is -0.322. The Labute approximate surface area is 100 Å². The fraction of sp³-hybridized carbons (Fsp3) is 0.333. The number of benzene rings is 1. The van der Waals surface area contributed by atoms with Gasteiger partial charge in [0.2, 0.25) is 11.8 Å². The molecule has 0 aromatic heterocycles. The maximum Gasteiger partial charge on any atom is 0.238 e. The smallest absolute Gasteiger partial charge is 0.238 e. The van der Waals surface area contributed by atoms with Gasteiger partial charge >= 0.3 is 0 Å². The summed E-state index contributed by atoms with van der Waals surface area (Å²) in [6.07, 6.45) is 0.416. The van der Waals surface area contributed by atoms with Crippen LogP contribution in [0.4, 0.5) is 11.4 Å². The molecule has 0 bridgehead atoms. The van der Waals surface area contributed by atoms with Gasteiger partial charge in [0.15, 0.2) is 0 Å². The molecule has 92 valence electrons. The van der Waals surface area contributed by atoms with Crippen LogP contribution in [0.25, 0.3) is 0 Å². The number of hydrogen-bond acceptors (Lipinski definition) is 3. The molecule has 0 aliphatic carbocycles. The Morgan fingerprint density at radius 2 is 1.94 bits per heavy atom. The van der Waals surface area contributed by atoms with Crippen LogP contribution >= 0.6 is 0 Å². The van der Waals surface area contributed by atoms with Gasteiger partial charge in [0.25, 0.3) is 0 Å². The van der Waals surface area contributed by atoms with Crippen molar-refractivity contribution in [1.29, 1.82) is 0 Å². The van der Waals surface area contributed by atoms with Crippen molar-refractivity contribution in [2.75, 3.05) is 17.2 Å². The normalized spacial score (nSPS) is 9.82. The zero-order valence-corrected chi connectivity index (χ0v) is 10.0. The maximum atomic E-state index is 11.3. The molecule has 0 aliphatic heterocycles. The number of hydrogen-bond donors (Lipinski definition) is 3. The van der Waals surface area contributed by atoms with Gasteiger partial charge in [0, 0.05) is 17.8 Å². The largest absolute Gasteiger partial charge is 0.326 e. The molecule has 1 aromatic carbocycles. The van der Waals surface area contributed by atoms with Gasteiger partial charge in [0.1, 0.15) is 0 Å². The number of nitrogens with one attached hydrogen (secondary N) is 2. The Morgan fingerprint density at radius 1 is 1.24 bits per heavy atom. The monoisotopic (exact) mass is 235 g/mol. The topological polar surface area (TPSA) is 84.2 Å². The third kappa shape index (κ3) is 3.88. The van der Waals surface area contributed by atoms with Crippen molar-refractivity contribution in [2.24, 2.45) is 5.73 Å². The first-order valence-corrected chi connectivity index (χ1v) is 5.47. The minimum absolute atomic E-state index is 0.0598. The van der Waals surface area contributed by atoms with Crippen LogP contribution in [0.1, 0.15) is 18.9 Å². The molecule has 0 unspecified atom stereocenters. The van der Waals surface area contributed by atoms with E-state index in [0.717, 1.165) is 5.56 Å². The fourth-order valence-corrected chi connectivity index (χ4v) is 1.29. The van der Waals surface area contributed by atoms with E-state index in [4.69, 9.17) is 5.73 Å². The summed E-state index contributed by atoms with van der Waals surface area (Å²) in [5, 5.41) is 5.41. The van der Waals surface area contributed by atoms with E-state index < -0.39 is 0 Å². The lowest BCUT2D eigenvalue weighted by molar-refractivity contribution is -0.116. The van der Waals surface area contributed by atoms with E-state index in [1.54, 1.807) is 19.1 Å². The van der Waals surface area contributed by atoms with Gasteiger partial charge in [-0.3, -0.25) is 9.59 Å². The highest BCUT2D eigenvalue weighted by molar-refractivity contribution is 5.95. The second-order valence-corrected chi connectivity index (χ2v) is 3.68. The highest BCUT2D eigenvalue weighted by Crippen LogP contribution is 2.20. The molecular formula is C12H17N3O2. The summed E-state index contributed by atoms with van der Waals surface area (Å²) in [5.41, 5.74) is 7.47. The van der Waals surface area contributed by atoms with Gasteiger partial charge in [-0.15, -0.1) is 0 Å². The standard InChI is InChI=1S/C12H17N3O2/c1-3-11(16)15-10-6-9(5-4-8(10)2)14-12(17)7-13/h4-6H,3,7,13H2,1-2H3,(H,14,17)(H,15,16). The van der Waals surface area contributed by atoms with Gasteiger partial charge in [-0.1, -0.05) is 13.0 Å². The van der Waals surface area contributed by atoms with Crippen molar-refractivity contribution in [2.45, 2.75) is 20.3 Å². The van der Waals surface area contributed by atoms with Crippen LogP contribution < -0.4 is 16.4 Å². The average Bonchev–Trinajstić information content (AvgIpc) is 2.33. The van der Waals surface area contributed by atoms with Gasteiger partial charge < -0.3 is 16.4 Å². The first kappa shape index (κ1) is 13.2. The molecule has 0 atom stereocenters. The number of nitrogens with two attached hydrogens (primary N) is 1. The molecule has 2 amide bonds. The summed E-state index contributed by atoms with van der Waals surface area (Å²) >= 11 is 0. The van der Waals surface area contributed by atoms with Crippen LogP contribution in [0.3, 0.4) is 0 Å². The molecule has 0 saturated heterocycles. The van der Waals surface area contributed by atoms with E-state index in [-0.39, 0.29) is 18.4 Å². The van der Waals surface area contributed by atoms with Crippen LogP contribution in [0.15, 0.2) is 18.2 Å². The van der Waals surface area contributed by atoms with Gasteiger partial charge in [-0.25, -0.2) is 0 Å². The van der Waals surface area contributed by atoms with E-state index >= 15 is 0 Å². The fourth-order valence-electron chi connectivity index (χ4n) is 1.29. The molecule has 1 aromatic rings. The minimum Gasteiger partial charge on any atom is -0.326 e. The van der Waals surface area contributed by atoms with Crippen molar-refractivity contribution in [3.63, 3.8) is 0 Å². The van der Waals surface area contributed by atoms with Crippen molar-refractivity contribution >= 4 is 23.2 Å². The van der Waals surface area contributed by atoms with E-state index in [1.165, 1.54) is 0 Å². The molecule has 1 rings (SSSR count). The number of anilines is 2. The van der Waals surface area contributed by atoms with Crippen molar-refractivity contribution < 1.29 is 9.59 Å². The van der Waals surface area contributed by atoms with Crippen molar-refractivity contribution in [3.05, 3.63) is 23.8 Å². The maximum absolute atomic E-state index is 11.3. The molecule has 4 N–H and O–H groups in total. The number of amides is 2.